The summed E-state index contributed by atoms with van der Waals surface area (Å²) in [7, 11) is 0. The van der Waals surface area contributed by atoms with Crippen molar-refractivity contribution in [2.45, 2.75) is 270 Å². The number of carbonyl (C=O) groups excluding carboxylic acids is 6. The molecule has 4 aliphatic carbocycles. The van der Waals surface area contributed by atoms with E-state index in [4.69, 9.17) is 18.9 Å². The van der Waals surface area contributed by atoms with Gasteiger partial charge in [-0.1, -0.05) is 130 Å². The third-order valence-electron chi connectivity index (χ3n) is 17.0. The van der Waals surface area contributed by atoms with Gasteiger partial charge in [-0.15, -0.1) is 0 Å². The van der Waals surface area contributed by atoms with Crippen molar-refractivity contribution in [3.63, 3.8) is 0 Å². The van der Waals surface area contributed by atoms with Crippen LogP contribution in [0.25, 0.3) is 0 Å². The number of hydrogen-bond donors (Lipinski definition) is 2. The Morgan fingerprint density at radius 2 is 1.20 bits per heavy atom. The summed E-state index contributed by atoms with van der Waals surface area (Å²) in [6.07, 6.45) is 19.4. The number of hydrogen-bond acceptors (Lipinski definition) is 12. The molecule has 0 aliphatic heterocycles. The van der Waals surface area contributed by atoms with Gasteiger partial charge in [0.15, 0.2) is 18.1 Å². The monoisotopic (exact) mass is 1000 g/mol. The van der Waals surface area contributed by atoms with E-state index in [1.54, 1.807) is 26.8 Å². The molecule has 4 aliphatic rings. The molecular formula is C58H93FO12. The summed E-state index contributed by atoms with van der Waals surface area (Å²) in [5.41, 5.74) is -5.73. The maximum absolute atomic E-state index is 17.6. The lowest BCUT2D eigenvalue weighted by molar-refractivity contribution is -0.220. The van der Waals surface area contributed by atoms with Crippen LogP contribution < -0.4 is 0 Å². The highest BCUT2D eigenvalue weighted by atomic mass is 19.1. The van der Waals surface area contributed by atoms with Crippen molar-refractivity contribution in [2.24, 2.45) is 28.6 Å². The van der Waals surface area contributed by atoms with Crippen molar-refractivity contribution < 1.29 is 62.3 Å². The number of halogens is 1. The average molecular weight is 1000 g/mol. The summed E-state index contributed by atoms with van der Waals surface area (Å²) in [5, 5.41) is 24.0. The molecular weight excluding hydrogens is 908 g/mol. The molecule has 11 atom stereocenters. The zero-order valence-electron chi connectivity index (χ0n) is 44.8. The standard InChI is InChI=1S/C58H93FO12/c1-8-12-16-23-26-44(69-52(64)29-20-13-9-2)38-48(71-54(66)31-22-15-11-4)47(70-53(65)30-21-14-10-3)27-24-18-17-19-25-28-51(63)68-40-50(62)58(67)41(5)36-46-45-33-32-42-37-43(60)34-35-55(42,6)57(45,59)49(61)39-56(46,58)7/h34-35,37,41,44-49,61,67H,8-33,36,38-40H2,1-7H3/t41-,44-,45+,46+,47?,48?,49+,55+,56+,57+,58+/m1/s1. The SMILES string of the molecule is CCCCCC[C@H](CC(OC(=O)CCCCC)C(CCCCCCCC(=O)OCC(=O)[C@@]1(O)[C@H](C)C[C@H]2[C@@H]3CCC4=CC(=O)C=C[C@]4(C)[C@@]3(F)[C@@H](O)C[C@@]21C)OC(=O)CCCCC)OC(=O)CCCCC. The van der Waals surface area contributed by atoms with Crippen LogP contribution >= 0.6 is 0 Å². The van der Waals surface area contributed by atoms with Crippen molar-refractivity contribution in [1.82, 2.24) is 0 Å². The van der Waals surface area contributed by atoms with E-state index in [1.165, 1.54) is 12.2 Å². The Labute approximate surface area is 425 Å². The van der Waals surface area contributed by atoms with Crippen LogP contribution in [-0.2, 0) is 47.7 Å². The van der Waals surface area contributed by atoms with Crippen LogP contribution in [0.15, 0.2) is 23.8 Å². The molecule has 12 nitrogen and oxygen atoms in total. The van der Waals surface area contributed by atoms with Crippen LogP contribution in [0, 0.1) is 28.6 Å². The van der Waals surface area contributed by atoms with E-state index in [1.807, 2.05) is 0 Å². The first-order valence-electron chi connectivity index (χ1n) is 28.2. The fraction of sp³-hybridized carbons (Fsp3) is 0.828. The van der Waals surface area contributed by atoms with Crippen LogP contribution in [0.2, 0.25) is 0 Å². The summed E-state index contributed by atoms with van der Waals surface area (Å²) in [4.78, 5) is 78.9. The summed E-state index contributed by atoms with van der Waals surface area (Å²) in [6, 6.07) is 0. The number of alkyl halides is 1. The van der Waals surface area contributed by atoms with Gasteiger partial charge in [0, 0.05) is 48.9 Å². The first kappa shape index (κ1) is 60.1. The normalized spacial score (nSPS) is 28.9. The van der Waals surface area contributed by atoms with Crippen molar-refractivity contribution in [3.8, 4) is 0 Å². The molecule has 0 aromatic carbocycles. The van der Waals surface area contributed by atoms with Crippen molar-refractivity contribution in [1.29, 1.82) is 0 Å². The number of carbonyl (C=O) groups is 6. The highest BCUT2D eigenvalue weighted by Crippen LogP contribution is 2.70. The minimum absolute atomic E-state index is 0.0711. The van der Waals surface area contributed by atoms with Gasteiger partial charge < -0.3 is 29.2 Å². The second-order valence-electron chi connectivity index (χ2n) is 22.2. The van der Waals surface area contributed by atoms with Crippen LogP contribution in [0.3, 0.4) is 0 Å². The molecule has 0 radical (unpaired) electrons. The molecule has 3 fully saturated rings. The number of aliphatic hydroxyl groups excluding tert-OH is 1. The highest BCUT2D eigenvalue weighted by molar-refractivity contribution is 6.01. The molecule has 2 N–H and O–H groups in total. The minimum atomic E-state index is -2.09. The Morgan fingerprint density at radius 1 is 0.690 bits per heavy atom. The summed E-state index contributed by atoms with van der Waals surface area (Å²) in [5.74, 6) is -4.01. The van der Waals surface area contributed by atoms with E-state index >= 15 is 4.39 Å². The molecule has 3 saturated carbocycles. The van der Waals surface area contributed by atoms with Gasteiger partial charge in [-0.2, -0.15) is 0 Å². The molecule has 0 heterocycles. The van der Waals surface area contributed by atoms with Gasteiger partial charge >= 0.3 is 23.9 Å². The zero-order valence-corrected chi connectivity index (χ0v) is 44.8. The van der Waals surface area contributed by atoms with Gasteiger partial charge in [0.2, 0.25) is 5.78 Å². The van der Waals surface area contributed by atoms with Crippen molar-refractivity contribution in [2.75, 3.05) is 6.61 Å². The number of ketones is 2. The van der Waals surface area contributed by atoms with E-state index < -0.39 is 82.6 Å². The Hall–Kier alpha value is -3.45. The van der Waals surface area contributed by atoms with Gasteiger partial charge in [0.05, 0.1) is 6.10 Å². The fourth-order valence-corrected chi connectivity index (χ4v) is 12.8. The van der Waals surface area contributed by atoms with E-state index in [2.05, 4.69) is 27.7 Å². The first-order chi connectivity index (χ1) is 33.9. The van der Waals surface area contributed by atoms with Gasteiger partial charge in [-0.05, 0) is 108 Å². The third kappa shape index (κ3) is 15.3. The number of ether oxygens (including phenoxy) is 4. The number of esters is 4. The number of Topliss-reactive ketones (excluding diaryl/α,β-unsaturated/α-hetero) is 1. The molecule has 0 amide bonds. The van der Waals surface area contributed by atoms with E-state index in [-0.39, 0.29) is 55.8 Å². The maximum Gasteiger partial charge on any atom is 0.306 e. The topological polar surface area (TPSA) is 180 Å². The van der Waals surface area contributed by atoms with Gasteiger partial charge in [-0.3, -0.25) is 28.8 Å². The Kier molecular flexibility index (Phi) is 24.4. The summed E-state index contributed by atoms with van der Waals surface area (Å²) >= 11 is 0. The molecule has 71 heavy (non-hydrogen) atoms. The Balaban J connectivity index is 1.34. The second kappa shape index (κ2) is 28.9. The predicted octanol–water partition coefficient (Wildman–Crippen LogP) is 12.0. The largest absolute Gasteiger partial charge is 0.462 e. The number of fused-ring (bicyclic) bond motifs is 5. The fourth-order valence-electron chi connectivity index (χ4n) is 12.8. The van der Waals surface area contributed by atoms with E-state index in [0.29, 0.717) is 76.2 Å². The Morgan fingerprint density at radius 3 is 1.82 bits per heavy atom. The van der Waals surface area contributed by atoms with Crippen molar-refractivity contribution in [3.05, 3.63) is 23.8 Å². The molecule has 0 aromatic rings. The van der Waals surface area contributed by atoms with Crippen molar-refractivity contribution >= 4 is 35.4 Å². The second-order valence-corrected chi connectivity index (χ2v) is 22.2. The molecule has 0 bridgehead atoms. The molecule has 4 rings (SSSR count). The van der Waals surface area contributed by atoms with Crippen LogP contribution in [0.5, 0.6) is 0 Å². The third-order valence-corrected chi connectivity index (χ3v) is 17.0. The molecule has 0 aromatic heterocycles. The van der Waals surface area contributed by atoms with Gasteiger partial charge in [-0.25, -0.2) is 4.39 Å². The molecule has 0 spiro atoms. The molecule has 0 saturated heterocycles. The van der Waals surface area contributed by atoms with Crippen LogP contribution in [0.1, 0.15) is 235 Å². The van der Waals surface area contributed by atoms with Gasteiger partial charge in [0.25, 0.3) is 0 Å². The number of aliphatic hydroxyl groups is 2. The summed E-state index contributed by atoms with van der Waals surface area (Å²) in [6.45, 7) is 13.0. The quantitative estimate of drug-likeness (QED) is 0.0354. The van der Waals surface area contributed by atoms with E-state index in [9.17, 15) is 39.0 Å². The lowest BCUT2D eigenvalue weighted by Crippen LogP contribution is -2.69. The number of allylic oxidation sites excluding steroid dienone is 4. The smallest absolute Gasteiger partial charge is 0.306 e. The molecule has 13 heteroatoms. The lowest BCUT2D eigenvalue weighted by atomic mass is 9.44. The van der Waals surface area contributed by atoms with Crippen LogP contribution in [-0.4, -0.2) is 87.9 Å². The molecule has 2 unspecified atom stereocenters. The molecule has 404 valence electrons. The number of unbranched alkanes of at least 4 members (excludes halogenated alkanes) is 13. The van der Waals surface area contributed by atoms with Crippen LogP contribution in [0.4, 0.5) is 4.39 Å². The van der Waals surface area contributed by atoms with E-state index in [0.717, 1.165) is 83.5 Å². The number of rotatable bonds is 34. The minimum Gasteiger partial charge on any atom is -0.462 e. The summed E-state index contributed by atoms with van der Waals surface area (Å²) < 4.78 is 41.5. The average Bonchev–Trinajstić information content (AvgIpc) is 3.53. The predicted molar refractivity (Wildman–Crippen MR) is 272 cm³/mol. The Bertz CT molecular complexity index is 1810. The highest BCUT2D eigenvalue weighted by Gasteiger charge is 2.75. The maximum atomic E-state index is 17.6. The van der Waals surface area contributed by atoms with Gasteiger partial charge in [0.1, 0.15) is 23.9 Å². The lowest BCUT2D eigenvalue weighted by Gasteiger charge is -2.62. The first-order valence-corrected chi connectivity index (χ1v) is 28.2. The zero-order chi connectivity index (χ0) is 52.2.